The van der Waals surface area contributed by atoms with E-state index in [0.29, 0.717) is 18.1 Å². The van der Waals surface area contributed by atoms with Gasteiger partial charge in [-0.25, -0.2) is 4.98 Å². The SMILES string of the molecule is CCNC(C)c1cnc(N2CCCC(C(F)(F)F)C2)s1. The summed E-state index contributed by atoms with van der Waals surface area (Å²) in [5.41, 5.74) is 0. The minimum atomic E-state index is -4.10. The zero-order valence-electron chi connectivity index (χ0n) is 11.7. The van der Waals surface area contributed by atoms with Crippen molar-refractivity contribution in [1.29, 1.82) is 0 Å². The number of hydrogen-bond donors (Lipinski definition) is 1. The van der Waals surface area contributed by atoms with Crippen LogP contribution in [0.5, 0.6) is 0 Å². The molecule has 1 aliphatic heterocycles. The van der Waals surface area contributed by atoms with Gasteiger partial charge in [-0.15, -0.1) is 11.3 Å². The van der Waals surface area contributed by atoms with Gasteiger partial charge in [-0.1, -0.05) is 6.92 Å². The maximum absolute atomic E-state index is 12.8. The molecule has 2 atom stereocenters. The summed E-state index contributed by atoms with van der Waals surface area (Å²) >= 11 is 1.49. The topological polar surface area (TPSA) is 28.2 Å². The minimum Gasteiger partial charge on any atom is -0.347 e. The van der Waals surface area contributed by atoms with E-state index in [4.69, 9.17) is 0 Å². The van der Waals surface area contributed by atoms with Crippen molar-refractivity contribution in [2.45, 2.75) is 38.9 Å². The van der Waals surface area contributed by atoms with Crippen LogP contribution in [-0.4, -0.2) is 30.8 Å². The van der Waals surface area contributed by atoms with Gasteiger partial charge in [0.05, 0.1) is 5.92 Å². The Morgan fingerprint density at radius 2 is 2.30 bits per heavy atom. The highest BCUT2D eigenvalue weighted by atomic mass is 32.1. The summed E-state index contributed by atoms with van der Waals surface area (Å²) in [6.45, 7) is 5.61. The number of nitrogens with zero attached hydrogens (tertiary/aromatic N) is 2. The van der Waals surface area contributed by atoms with E-state index in [9.17, 15) is 13.2 Å². The van der Waals surface area contributed by atoms with E-state index in [2.05, 4.69) is 10.3 Å². The highest BCUT2D eigenvalue weighted by Gasteiger charge is 2.42. The van der Waals surface area contributed by atoms with Crippen LogP contribution in [0.3, 0.4) is 0 Å². The number of nitrogens with one attached hydrogen (secondary N) is 1. The summed E-state index contributed by atoms with van der Waals surface area (Å²) < 4.78 is 38.4. The predicted octanol–water partition coefficient (Wildman–Crippen LogP) is 3.59. The van der Waals surface area contributed by atoms with E-state index < -0.39 is 12.1 Å². The van der Waals surface area contributed by atoms with Gasteiger partial charge >= 0.3 is 6.18 Å². The van der Waals surface area contributed by atoms with E-state index in [1.54, 1.807) is 11.1 Å². The van der Waals surface area contributed by atoms with Crippen LogP contribution in [0.4, 0.5) is 18.3 Å². The van der Waals surface area contributed by atoms with Crippen molar-refractivity contribution in [3.63, 3.8) is 0 Å². The van der Waals surface area contributed by atoms with Crippen LogP contribution >= 0.6 is 11.3 Å². The molecule has 3 nitrogen and oxygen atoms in total. The molecular formula is C13H20F3N3S. The van der Waals surface area contributed by atoms with Gasteiger partial charge in [0.2, 0.25) is 0 Å². The van der Waals surface area contributed by atoms with E-state index in [1.807, 2.05) is 13.8 Å². The third kappa shape index (κ3) is 3.63. The second kappa shape index (κ2) is 6.30. The molecule has 0 saturated carbocycles. The molecule has 0 amide bonds. The Balaban J connectivity index is 2.04. The van der Waals surface area contributed by atoms with E-state index in [0.717, 1.165) is 11.4 Å². The number of anilines is 1. The summed E-state index contributed by atoms with van der Waals surface area (Å²) in [6.07, 6.45) is -1.53. The summed E-state index contributed by atoms with van der Waals surface area (Å²) in [6, 6.07) is 0.189. The van der Waals surface area contributed by atoms with Crippen molar-refractivity contribution in [1.82, 2.24) is 10.3 Å². The van der Waals surface area contributed by atoms with Crippen molar-refractivity contribution < 1.29 is 13.2 Å². The molecule has 114 valence electrons. The summed E-state index contributed by atoms with van der Waals surface area (Å²) in [5, 5.41) is 3.99. The molecule has 1 fully saturated rings. The van der Waals surface area contributed by atoms with E-state index >= 15 is 0 Å². The molecule has 0 aromatic carbocycles. The second-order valence-corrected chi connectivity index (χ2v) is 6.19. The quantitative estimate of drug-likeness (QED) is 0.921. The summed E-state index contributed by atoms with van der Waals surface area (Å²) in [4.78, 5) is 7.13. The Morgan fingerprint density at radius 1 is 1.55 bits per heavy atom. The molecule has 2 rings (SSSR count). The Bertz CT molecular complexity index is 433. The van der Waals surface area contributed by atoms with Crippen LogP contribution in [0.15, 0.2) is 6.20 Å². The predicted molar refractivity (Wildman–Crippen MR) is 75.2 cm³/mol. The fourth-order valence-corrected chi connectivity index (χ4v) is 3.42. The first-order valence-corrected chi connectivity index (χ1v) is 7.74. The van der Waals surface area contributed by atoms with Crippen LogP contribution in [0.1, 0.15) is 37.6 Å². The van der Waals surface area contributed by atoms with Crippen LogP contribution in [-0.2, 0) is 0 Å². The highest BCUT2D eigenvalue weighted by Crippen LogP contribution is 2.36. The van der Waals surface area contributed by atoms with Crippen molar-refractivity contribution in [3.8, 4) is 0 Å². The van der Waals surface area contributed by atoms with Crippen molar-refractivity contribution >= 4 is 16.5 Å². The third-order valence-electron chi connectivity index (χ3n) is 3.60. The molecular weight excluding hydrogens is 287 g/mol. The minimum absolute atomic E-state index is 0.0338. The van der Waals surface area contributed by atoms with Gasteiger partial charge in [0.15, 0.2) is 5.13 Å². The molecule has 1 aromatic rings. The molecule has 2 unspecified atom stereocenters. The molecule has 1 aliphatic rings. The lowest BCUT2D eigenvalue weighted by atomic mass is 9.98. The van der Waals surface area contributed by atoms with E-state index in [-0.39, 0.29) is 19.0 Å². The Hall–Kier alpha value is -0.820. The molecule has 0 bridgehead atoms. The van der Waals surface area contributed by atoms with Gasteiger partial charge in [-0.2, -0.15) is 13.2 Å². The fourth-order valence-electron chi connectivity index (χ4n) is 2.45. The largest absolute Gasteiger partial charge is 0.393 e. The number of piperidine rings is 1. The molecule has 7 heteroatoms. The molecule has 0 radical (unpaired) electrons. The van der Waals surface area contributed by atoms with Gasteiger partial charge in [0.25, 0.3) is 0 Å². The maximum atomic E-state index is 12.8. The number of thiazole rings is 1. The molecule has 2 heterocycles. The Labute approximate surface area is 121 Å². The van der Waals surface area contributed by atoms with Crippen LogP contribution in [0.2, 0.25) is 0 Å². The normalized spacial score (nSPS) is 22.1. The first kappa shape index (κ1) is 15.6. The Morgan fingerprint density at radius 3 is 2.95 bits per heavy atom. The molecule has 1 aromatic heterocycles. The fraction of sp³-hybridized carbons (Fsp3) is 0.769. The molecule has 0 aliphatic carbocycles. The molecule has 1 saturated heterocycles. The lowest BCUT2D eigenvalue weighted by Crippen LogP contribution is -2.41. The number of halogens is 3. The van der Waals surface area contributed by atoms with Gasteiger partial charge in [-0.3, -0.25) is 0 Å². The average Bonchev–Trinajstić information content (AvgIpc) is 2.88. The maximum Gasteiger partial charge on any atom is 0.393 e. The van der Waals surface area contributed by atoms with E-state index in [1.165, 1.54) is 11.3 Å². The van der Waals surface area contributed by atoms with Gasteiger partial charge < -0.3 is 10.2 Å². The van der Waals surface area contributed by atoms with Crippen LogP contribution < -0.4 is 10.2 Å². The summed E-state index contributed by atoms with van der Waals surface area (Å²) in [7, 11) is 0. The van der Waals surface area contributed by atoms with Crippen molar-refractivity contribution in [3.05, 3.63) is 11.1 Å². The lowest BCUT2D eigenvalue weighted by molar-refractivity contribution is -0.175. The molecule has 20 heavy (non-hydrogen) atoms. The zero-order chi connectivity index (χ0) is 14.8. The monoisotopic (exact) mass is 307 g/mol. The van der Waals surface area contributed by atoms with Crippen LogP contribution in [0.25, 0.3) is 0 Å². The molecule has 1 N–H and O–H groups in total. The smallest absolute Gasteiger partial charge is 0.347 e. The first-order chi connectivity index (χ1) is 9.41. The number of rotatable bonds is 4. The average molecular weight is 307 g/mol. The van der Waals surface area contributed by atoms with Crippen molar-refractivity contribution in [2.75, 3.05) is 24.5 Å². The number of aromatic nitrogens is 1. The third-order valence-corrected chi connectivity index (χ3v) is 4.84. The second-order valence-electron chi connectivity index (χ2n) is 5.15. The Kier molecular flexibility index (Phi) is 4.90. The number of hydrogen-bond acceptors (Lipinski definition) is 4. The molecule has 0 spiro atoms. The first-order valence-electron chi connectivity index (χ1n) is 6.92. The van der Waals surface area contributed by atoms with Gasteiger partial charge in [-0.05, 0) is 26.3 Å². The van der Waals surface area contributed by atoms with Gasteiger partial charge in [0, 0.05) is 30.2 Å². The van der Waals surface area contributed by atoms with Crippen molar-refractivity contribution in [2.24, 2.45) is 5.92 Å². The van der Waals surface area contributed by atoms with Gasteiger partial charge in [0.1, 0.15) is 0 Å². The summed E-state index contributed by atoms with van der Waals surface area (Å²) in [5.74, 6) is -1.23. The lowest BCUT2D eigenvalue weighted by Gasteiger charge is -2.33. The zero-order valence-corrected chi connectivity index (χ0v) is 12.5. The van der Waals surface area contributed by atoms with Crippen LogP contribution in [0, 0.1) is 5.92 Å². The number of alkyl halides is 3. The highest BCUT2D eigenvalue weighted by molar-refractivity contribution is 7.15. The standard InChI is InChI=1S/C13H20F3N3S/c1-3-17-9(2)11-7-18-12(20-11)19-6-4-5-10(8-19)13(14,15)16/h7,9-10,17H,3-6,8H2,1-2H3.